The number of anilines is 2. The average molecular weight is 221 g/mol. The van der Waals surface area contributed by atoms with Gasteiger partial charge < -0.3 is 16.8 Å². The number of amides is 2. The second-order valence-corrected chi connectivity index (χ2v) is 3.65. The van der Waals surface area contributed by atoms with Crippen LogP contribution >= 0.6 is 0 Å². The zero-order valence-corrected chi connectivity index (χ0v) is 9.07. The molecular weight excluding hydrogens is 206 g/mol. The van der Waals surface area contributed by atoms with Gasteiger partial charge in [-0.1, -0.05) is 19.1 Å². The molecule has 1 aromatic carbocycles. The summed E-state index contributed by atoms with van der Waals surface area (Å²) in [5.74, 6) is -1.22. The van der Waals surface area contributed by atoms with E-state index in [-0.39, 0.29) is 12.3 Å². The summed E-state index contributed by atoms with van der Waals surface area (Å²) in [5.41, 5.74) is 11.7. The number of hydrogen-bond donors (Lipinski definition) is 3. The van der Waals surface area contributed by atoms with Crippen LogP contribution in [0.1, 0.15) is 13.3 Å². The minimum absolute atomic E-state index is 0.0264. The van der Waals surface area contributed by atoms with Crippen LogP contribution in [-0.2, 0) is 9.59 Å². The molecule has 0 heterocycles. The highest BCUT2D eigenvalue weighted by molar-refractivity contribution is 5.96. The summed E-state index contributed by atoms with van der Waals surface area (Å²) in [6, 6.07) is 6.93. The number of nitrogens with two attached hydrogens (primary N) is 2. The molecule has 0 radical (unpaired) electrons. The monoisotopic (exact) mass is 221 g/mol. The number of hydrogen-bond acceptors (Lipinski definition) is 3. The molecule has 16 heavy (non-hydrogen) atoms. The van der Waals surface area contributed by atoms with E-state index in [1.165, 1.54) is 0 Å². The Balaban J connectivity index is 2.64. The van der Waals surface area contributed by atoms with Crippen molar-refractivity contribution in [1.82, 2.24) is 0 Å². The second-order valence-electron chi connectivity index (χ2n) is 3.65. The van der Waals surface area contributed by atoms with Gasteiger partial charge in [-0.25, -0.2) is 0 Å². The Morgan fingerprint density at radius 1 is 1.38 bits per heavy atom. The molecule has 0 aromatic heterocycles. The van der Waals surface area contributed by atoms with E-state index in [0.29, 0.717) is 11.4 Å². The van der Waals surface area contributed by atoms with Crippen molar-refractivity contribution in [2.45, 2.75) is 13.3 Å². The molecule has 0 saturated carbocycles. The van der Waals surface area contributed by atoms with Gasteiger partial charge in [0.15, 0.2) is 0 Å². The van der Waals surface area contributed by atoms with Gasteiger partial charge in [-0.2, -0.15) is 0 Å². The van der Waals surface area contributed by atoms with Crippen molar-refractivity contribution in [3.63, 3.8) is 0 Å². The highest BCUT2D eigenvalue weighted by Gasteiger charge is 2.15. The average Bonchev–Trinajstić information content (AvgIpc) is 2.20. The van der Waals surface area contributed by atoms with Crippen LogP contribution in [0.4, 0.5) is 11.4 Å². The maximum atomic E-state index is 11.6. The SMILES string of the molecule is C[C@H](CC(N)=O)C(=O)Nc1ccccc1N. The van der Waals surface area contributed by atoms with E-state index >= 15 is 0 Å². The smallest absolute Gasteiger partial charge is 0.227 e. The zero-order valence-electron chi connectivity index (χ0n) is 9.07. The summed E-state index contributed by atoms with van der Waals surface area (Å²) in [5, 5.41) is 2.64. The van der Waals surface area contributed by atoms with Crippen molar-refractivity contribution in [2.24, 2.45) is 11.7 Å². The van der Waals surface area contributed by atoms with Gasteiger partial charge in [0.05, 0.1) is 11.4 Å². The summed E-state index contributed by atoms with van der Waals surface area (Å²) in [7, 11) is 0. The van der Waals surface area contributed by atoms with Crippen molar-refractivity contribution in [1.29, 1.82) is 0 Å². The predicted molar refractivity (Wildman–Crippen MR) is 62.5 cm³/mol. The first-order valence-electron chi connectivity index (χ1n) is 4.94. The molecule has 1 aromatic rings. The van der Waals surface area contributed by atoms with Crippen molar-refractivity contribution in [3.05, 3.63) is 24.3 Å². The molecule has 0 fully saturated rings. The molecule has 0 aliphatic heterocycles. The van der Waals surface area contributed by atoms with E-state index in [0.717, 1.165) is 0 Å². The minimum atomic E-state index is -0.497. The van der Waals surface area contributed by atoms with Crippen molar-refractivity contribution in [2.75, 3.05) is 11.1 Å². The van der Waals surface area contributed by atoms with Crippen LogP contribution in [0.5, 0.6) is 0 Å². The fraction of sp³-hybridized carbons (Fsp3) is 0.273. The number of nitrogen functional groups attached to an aromatic ring is 1. The fourth-order valence-electron chi connectivity index (χ4n) is 1.26. The maximum Gasteiger partial charge on any atom is 0.227 e. The lowest BCUT2D eigenvalue weighted by atomic mass is 10.1. The molecule has 5 heteroatoms. The first-order chi connectivity index (χ1) is 7.50. The summed E-state index contributed by atoms with van der Waals surface area (Å²) in [4.78, 5) is 22.3. The van der Waals surface area contributed by atoms with Crippen LogP contribution in [0.25, 0.3) is 0 Å². The van der Waals surface area contributed by atoms with Crippen LogP contribution in [0.15, 0.2) is 24.3 Å². The van der Waals surface area contributed by atoms with Gasteiger partial charge in [-0.3, -0.25) is 9.59 Å². The van der Waals surface area contributed by atoms with Gasteiger partial charge in [0.1, 0.15) is 0 Å². The van der Waals surface area contributed by atoms with Gasteiger partial charge in [0.2, 0.25) is 11.8 Å². The first kappa shape index (κ1) is 12.0. The molecule has 1 atom stereocenters. The van der Waals surface area contributed by atoms with Crippen LogP contribution in [-0.4, -0.2) is 11.8 Å². The third-order valence-corrected chi connectivity index (χ3v) is 2.17. The molecule has 5 nitrogen and oxygen atoms in total. The second kappa shape index (κ2) is 5.16. The molecular formula is C11H15N3O2. The third kappa shape index (κ3) is 3.27. The Hall–Kier alpha value is -2.04. The summed E-state index contributed by atoms with van der Waals surface area (Å²) in [6.07, 6.45) is 0.0264. The lowest BCUT2D eigenvalue weighted by Gasteiger charge is -2.11. The molecule has 0 unspecified atom stereocenters. The van der Waals surface area contributed by atoms with E-state index in [4.69, 9.17) is 11.5 Å². The number of nitrogens with one attached hydrogen (secondary N) is 1. The largest absolute Gasteiger partial charge is 0.397 e. The van der Waals surface area contributed by atoms with Gasteiger partial charge in [-0.05, 0) is 12.1 Å². The minimum Gasteiger partial charge on any atom is -0.397 e. The van der Waals surface area contributed by atoms with E-state index in [1.54, 1.807) is 31.2 Å². The zero-order chi connectivity index (χ0) is 12.1. The van der Waals surface area contributed by atoms with Crippen LogP contribution < -0.4 is 16.8 Å². The lowest BCUT2D eigenvalue weighted by Crippen LogP contribution is -2.25. The van der Waals surface area contributed by atoms with E-state index < -0.39 is 11.8 Å². The highest BCUT2D eigenvalue weighted by atomic mass is 16.2. The van der Waals surface area contributed by atoms with Crippen LogP contribution in [0.3, 0.4) is 0 Å². The van der Waals surface area contributed by atoms with Gasteiger partial charge in [0.25, 0.3) is 0 Å². The molecule has 0 aliphatic carbocycles. The topological polar surface area (TPSA) is 98.2 Å². The molecule has 5 N–H and O–H groups in total. The Bertz CT molecular complexity index is 404. The van der Waals surface area contributed by atoms with Crippen molar-refractivity contribution in [3.8, 4) is 0 Å². The van der Waals surface area contributed by atoms with E-state index in [2.05, 4.69) is 5.32 Å². The molecule has 0 saturated heterocycles. The summed E-state index contributed by atoms with van der Waals surface area (Å²) in [6.45, 7) is 1.64. The normalized spacial score (nSPS) is 11.8. The number of carbonyl (C=O) groups is 2. The van der Waals surface area contributed by atoms with Gasteiger partial charge in [-0.15, -0.1) is 0 Å². The molecule has 2 amide bonds. The Morgan fingerprint density at radius 2 is 2.00 bits per heavy atom. The quantitative estimate of drug-likeness (QED) is 0.653. The fourth-order valence-corrected chi connectivity index (χ4v) is 1.26. The van der Waals surface area contributed by atoms with Crippen molar-refractivity contribution >= 4 is 23.2 Å². The Kier molecular flexibility index (Phi) is 3.88. The molecule has 0 spiro atoms. The Labute approximate surface area is 93.8 Å². The number of carbonyl (C=O) groups excluding carboxylic acids is 2. The van der Waals surface area contributed by atoms with Gasteiger partial charge >= 0.3 is 0 Å². The highest BCUT2D eigenvalue weighted by Crippen LogP contribution is 2.18. The summed E-state index contributed by atoms with van der Waals surface area (Å²) >= 11 is 0. The van der Waals surface area contributed by atoms with Gasteiger partial charge in [0, 0.05) is 12.3 Å². The standard InChI is InChI=1S/C11H15N3O2/c1-7(6-10(13)15)11(16)14-9-5-3-2-4-8(9)12/h2-5,7H,6,12H2,1H3,(H2,13,15)(H,14,16)/t7-/m1/s1. The first-order valence-corrected chi connectivity index (χ1v) is 4.94. The summed E-state index contributed by atoms with van der Waals surface area (Å²) < 4.78 is 0. The predicted octanol–water partition coefficient (Wildman–Crippen LogP) is 0.719. The van der Waals surface area contributed by atoms with Crippen LogP contribution in [0, 0.1) is 5.92 Å². The van der Waals surface area contributed by atoms with E-state index in [1.807, 2.05) is 0 Å². The lowest BCUT2D eigenvalue weighted by molar-refractivity contribution is -0.125. The van der Waals surface area contributed by atoms with Crippen molar-refractivity contribution < 1.29 is 9.59 Å². The van der Waals surface area contributed by atoms with E-state index in [9.17, 15) is 9.59 Å². The molecule has 0 aliphatic rings. The Morgan fingerprint density at radius 3 is 2.56 bits per heavy atom. The third-order valence-electron chi connectivity index (χ3n) is 2.17. The number of primary amides is 1. The number of benzene rings is 1. The molecule has 0 bridgehead atoms. The maximum absolute atomic E-state index is 11.6. The van der Waals surface area contributed by atoms with Crippen LogP contribution in [0.2, 0.25) is 0 Å². The number of para-hydroxylation sites is 2. The number of rotatable bonds is 4. The molecule has 1 rings (SSSR count). The molecule has 86 valence electrons.